The largest absolute Gasteiger partial charge is 0.462 e. The van der Waals surface area contributed by atoms with Crippen molar-refractivity contribution in [3.8, 4) is 5.75 Å². The molecule has 0 spiro atoms. The summed E-state index contributed by atoms with van der Waals surface area (Å²) < 4.78 is 5.52. The highest BCUT2D eigenvalue weighted by Crippen LogP contribution is 2.26. The van der Waals surface area contributed by atoms with Crippen molar-refractivity contribution in [1.29, 1.82) is 0 Å². The number of β-amino-alcohol motifs (C(OH)–C–C–N with tert-alkyl or cyclic N) is 1. The summed E-state index contributed by atoms with van der Waals surface area (Å²) in [7, 11) is 0. The van der Waals surface area contributed by atoms with Crippen molar-refractivity contribution in [2.75, 3.05) is 6.54 Å². The van der Waals surface area contributed by atoms with E-state index in [2.05, 4.69) is 5.32 Å². The first kappa shape index (κ1) is 15.8. The van der Waals surface area contributed by atoms with Crippen LogP contribution in [0.1, 0.15) is 20.8 Å². The Balaban J connectivity index is 2.06. The molecule has 0 aliphatic rings. The lowest BCUT2D eigenvalue weighted by Crippen LogP contribution is -2.46. The minimum atomic E-state index is -1.27. The molecule has 0 bridgehead atoms. The number of aliphatic hydroxyl groups is 2. The van der Waals surface area contributed by atoms with Crippen molar-refractivity contribution in [2.45, 2.75) is 38.7 Å². The predicted molar refractivity (Wildman–Crippen MR) is 84.3 cm³/mol. The highest BCUT2D eigenvalue weighted by Gasteiger charge is 2.21. The van der Waals surface area contributed by atoms with Crippen LogP contribution in [0.4, 0.5) is 0 Å². The van der Waals surface area contributed by atoms with Crippen molar-refractivity contribution >= 4 is 10.8 Å². The molecule has 2 rings (SSSR count). The van der Waals surface area contributed by atoms with E-state index in [-0.39, 0.29) is 12.1 Å². The second-order valence-corrected chi connectivity index (χ2v) is 6.18. The fraction of sp³-hybridized carbons (Fsp3) is 0.412. The maximum Gasteiger partial charge on any atom is 0.224 e. The van der Waals surface area contributed by atoms with E-state index in [0.29, 0.717) is 5.75 Å². The fourth-order valence-corrected chi connectivity index (χ4v) is 2.02. The monoisotopic (exact) mass is 289 g/mol. The van der Waals surface area contributed by atoms with Crippen LogP contribution in [0.15, 0.2) is 42.5 Å². The molecule has 2 atom stereocenters. The van der Waals surface area contributed by atoms with E-state index in [0.717, 1.165) is 10.8 Å². The number of aliphatic hydroxyl groups excluding tert-OH is 2. The number of benzene rings is 2. The highest BCUT2D eigenvalue weighted by atomic mass is 16.6. The Labute approximate surface area is 125 Å². The highest BCUT2D eigenvalue weighted by molar-refractivity contribution is 5.88. The van der Waals surface area contributed by atoms with Gasteiger partial charge in [0.1, 0.15) is 11.9 Å². The van der Waals surface area contributed by atoms with E-state index in [1.807, 2.05) is 57.2 Å². The minimum absolute atomic E-state index is 0.125. The van der Waals surface area contributed by atoms with Crippen molar-refractivity contribution < 1.29 is 14.9 Å². The van der Waals surface area contributed by atoms with Gasteiger partial charge < -0.3 is 20.3 Å². The molecular weight excluding hydrogens is 266 g/mol. The van der Waals surface area contributed by atoms with E-state index >= 15 is 0 Å². The Hall–Kier alpha value is -1.62. The number of ether oxygens (including phenoxy) is 1. The Morgan fingerprint density at radius 1 is 1.05 bits per heavy atom. The number of nitrogens with one attached hydrogen (secondary N) is 1. The molecule has 2 aromatic rings. The van der Waals surface area contributed by atoms with E-state index < -0.39 is 12.4 Å². The number of hydrogen-bond donors (Lipinski definition) is 3. The molecule has 0 aliphatic heterocycles. The van der Waals surface area contributed by atoms with E-state index in [9.17, 15) is 10.2 Å². The second kappa shape index (κ2) is 6.43. The zero-order chi connectivity index (χ0) is 15.5. The Morgan fingerprint density at radius 3 is 2.43 bits per heavy atom. The molecule has 0 radical (unpaired) electrons. The SMILES string of the molecule is CC(C)(C)NCC(O)C(O)Oc1cccc2ccccc12. The van der Waals surface area contributed by atoms with Crippen LogP contribution >= 0.6 is 0 Å². The van der Waals surface area contributed by atoms with Gasteiger partial charge in [0.2, 0.25) is 6.29 Å². The Morgan fingerprint density at radius 2 is 1.71 bits per heavy atom. The average Bonchev–Trinajstić information content (AvgIpc) is 2.44. The molecule has 4 nitrogen and oxygen atoms in total. The topological polar surface area (TPSA) is 61.7 Å². The van der Waals surface area contributed by atoms with Crippen LogP contribution in [0.2, 0.25) is 0 Å². The van der Waals surface area contributed by atoms with Crippen LogP contribution in [0.25, 0.3) is 10.8 Å². The van der Waals surface area contributed by atoms with Gasteiger partial charge in [-0.2, -0.15) is 0 Å². The van der Waals surface area contributed by atoms with Crippen molar-refractivity contribution in [3.63, 3.8) is 0 Å². The lowest BCUT2D eigenvalue weighted by Gasteiger charge is -2.25. The lowest BCUT2D eigenvalue weighted by atomic mass is 10.1. The molecule has 0 saturated carbocycles. The summed E-state index contributed by atoms with van der Waals surface area (Å²) in [5, 5.41) is 25.1. The fourth-order valence-electron chi connectivity index (χ4n) is 2.02. The Bertz CT molecular complexity index is 587. The van der Waals surface area contributed by atoms with Crippen molar-refractivity contribution in [2.24, 2.45) is 0 Å². The first-order chi connectivity index (χ1) is 9.87. The first-order valence-electron chi connectivity index (χ1n) is 7.12. The summed E-state index contributed by atoms with van der Waals surface area (Å²) in [6.45, 7) is 6.25. The molecule has 3 N–H and O–H groups in total. The van der Waals surface area contributed by atoms with Crippen molar-refractivity contribution in [1.82, 2.24) is 5.32 Å². The third kappa shape index (κ3) is 4.43. The summed E-state index contributed by atoms with van der Waals surface area (Å²) in [5.41, 5.74) is -0.125. The molecule has 0 amide bonds. The summed E-state index contributed by atoms with van der Waals surface area (Å²) in [6, 6.07) is 13.4. The third-order valence-electron chi connectivity index (χ3n) is 3.17. The summed E-state index contributed by atoms with van der Waals surface area (Å²) in [4.78, 5) is 0. The van der Waals surface area contributed by atoms with Crippen LogP contribution in [-0.4, -0.2) is 34.7 Å². The van der Waals surface area contributed by atoms with Gasteiger partial charge in [-0.05, 0) is 32.2 Å². The van der Waals surface area contributed by atoms with E-state index in [1.54, 1.807) is 6.07 Å². The van der Waals surface area contributed by atoms with Gasteiger partial charge in [0.15, 0.2) is 0 Å². The van der Waals surface area contributed by atoms with Gasteiger partial charge >= 0.3 is 0 Å². The molecule has 114 valence electrons. The smallest absolute Gasteiger partial charge is 0.224 e. The predicted octanol–water partition coefficient (Wildman–Crippen LogP) is 2.29. The maximum atomic E-state index is 10.0. The molecule has 2 aromatic carbocycles. The van der Waals surface area contributed by atoms with Crippen LogP contribution in [-0.2, 0) is 0 Å². The third-order valence-corrected chi connectivity index (χ3v) is 3.17. The molecule has 21 heavy (non-hydrogen) atoms. The van der Waals surface area contributed by atoms with Gasteiger partial charge in [-0.1, -0.05) is 36.4 Å². The van der Waals surface area contributed by atoms with Crippen LogP contribution in [0.3, 0.4) is 0 Å². The zero-order valence-electron chi connectivity index (χ0n) is 12.7. The van der Waals surface area contributed by atoms with Gasteiger partial charge in [0, 0.05) is 17.5 Å². The summed E-state index contributed by atoms with van der Waals surface area (Å²) in [6.07, 6.45) is -2.27. The van der Waals surface area contributed by atoms with E-state index in [4.69, 9.17) is 4.74 Å². The van der Waals surface area contributed by atoms with Gasteiger partial charge in [-0.3, -0.25) is 0 Å². The normalized spacial score (nSPS) is 14.9. The molecule has 0 aromatic heterocycles. The second-order valence-electron chi connectivity index (χ2n) is 6.18. The summed E-state index contributed by atoms with van der Waals surface area (Å²) >= 11 is 0. The quantitative estimate of drug-likeness (QED) is 0.739. The summed E-state index contributed by atoms with van der Waals surface area (Å²) in [5.74, 6) is 0.565. The van der Waals surface area contributed by atoms with Gasteiger partial charge in [0.25, 0.3) is 0 Å². The number of hydrogen-bond acceptors (Lipinski definition) is 4. The van der Waals surface area contributed by atoms with Crippen molar-refractivity contribution in [3.05, 3.63) is 42.5 Å². The first-order valence-corrected chi connectivity index (χ1v) is 7.12. The molecule has 0 fully saturated rings. The van der Waals surface area contributed by atoms with Gasteiger partial charge in [-0.25, -0.2) is 0 Å². The molecule has 2 unspecified atom stereocenters. The average molecular weight is 289 g/mol. The molecule has 0 heterocycles. The van der Waals surface area contributed by atoms with Crippen LogP contribution in [0.5, 0.6) is 5.75 Å². The van der Waals surface area contributed by atoms with Crippen LogP contribution in [0, 0.1) is 0 Å². The number of fused-ring (bicyclic) bond motifs is 1. The number of rotatable bonds is 5. The van der Waals surface area contributed by atoms with E-state index in [1.165, 1.54) is 0 Å². The molecule has 4 heteroatoms. The van der Waals surface area contributed by atoms with Gasteiger partial charge in [0.05, 0.1) is 0 Å². The Kier molecular flexibility index (Phi) is 4.83. The molecule has 0 saturated heterocycles. The maximum absolute atomic E-state index is 10.0. The van der Waals surface area contributed by atoms with Gasteiger partial charge in [-0.15, -0.1) is 0 Å². The minimum Gasteiger partial charge on any atom is -0.462 e. The zero-order valence-corrected chi connectivity index (χ0v) is 12.7. The standard InChI is InChI=1S/C17H23NO3/c1-17(2,3)18-11-14(19)16(20)21-15-10-6-8-12-7-4-5-9-13(12)15/h4-10,14,16,18-20H,11H2,1-3H3. The molecular formula is C17H23NO3. The van der Waals surface area contributed by atoms with Crippen LogP contribution < -0.4 is 10.1 Å². The molecule has 0 aliphatic carbocycles. The lowest BCUT2D eigenvalue weighted by molar-refractivity contribution is -0.102.